The number of hydrogen-bond donors (Lipinski definition) is 3. The van der Waals surface area contributed by atoms with Crippen LogP contribution in [-0.2, 0) is 6.54 Å². The largest absolute Gasteiger partial charge is 0.346 e. The van der Waals surface area contributed by atoms with Gasteiger partial charge in [-0.15, -0.1) is 5.10 Å². The third-order valence-electron chi connectivity index (χ3n) is 4.93. The van der Waals surface area contributed by atoms with Crippen molar-refractivity contribution in [1.82, 2.24) is 40.1 Å². The lowest BCUT2D eigenvalue weighted by Gasteiger charge is -2.13. The highest BCUT2D eigenvalue weighted by molar-refractivity contribution is 6.00. The molecule has 170 valence electrons. The van der Waals surface area contributed by atoms with Crippen molar-refractivity contribution in [3.05, 3.63) is 84.2 Å². The summed E-state index contributed by atoms with van der Waals surface area (Å²) in [6, 6.07) is 11.2. The maximum absolute atomic E-state index is 13.1. The summed E-state index contributed by atoms with van der Waals surface area (Å²) < 4.78 is 27.8. The predicted molar refractivity (Wildman–Crippen MR) is 118 cm³/mol. The standard InChI is InChI=1S/C22H17F2N9O/c23-19(24)16-3-1-4-17(28-16)20-30-21(18-5-2-10-33(18)32-20)29-15-7-8-25-12-14(15)22(34)26-11-13-6-9-27-31-13/h1-10,12,19H,11H2,(H,26,34)(H,27,31)(H,25,29,30,32). The summed E-state index contributed by atoms with van der Waals surface area (Å²) in [5.41, 5.74) is 1.95. The topological polar surface area (TPSA) is 126 Å². The first-order chi connectivity index (χ1) is 16.6. The number of amides is 1. The van der Waals surface area contributed by atoms with Gasteiger partial charge in [0.05, 0.1) is 23.5 Å². The number of nitrogens with zero attached hydrogens (tertiary/aromatic N) is 6. The molecule has 0 unspecified atom stereocenters. The molecule has 0 aliphatic heterocycles. The average Bonchev–Trinajstić information content (AvgIpc) is 3.55. The van der Waals surface area contributed by atoms with Gasteiger partial charge < -0.3 is 10.6 Å². The number of aromatic nitrogens is 7. The van der Waals surface area contributed by atoms with Gasteiger partial charge in [-0.1, -0.05) is 6.07 Å². The van der Waals surface area contributed by atoms with Gasteiger partial charge in [-0.05, 0) is 36.4 Å². The molecule has 1 amide bonds. The van der Waals surface area contributed by atoms with Crippen molar-refractivity contribution in [3.8, 4) is 11.5 Å². The molecule has 0 saturated heterocycles. The number of rotatable bonds is 7. The molecule has 0 aliphatic rings. The zero-order valence-corrected chi connectivity index (χ0v) is 17.5. The van der Waals surface area contributed by atoms with Crippen LogP contribution in [0.5, 0.6) is 0 Å². The highest BCUT2D eigenvalue weighted by Crippen LogP contribution is 2.26. The molecule has 0 saturated carbocycles. The van der Waals surface area contributed by atoms with Crippen LogP contribution < -0.4 is 10.6 Å². The second-order valence-corrected chi connectivity index (χ2v) is 7.18. The predicted octanol–water partition coefficient (Wildman–Crippen LogP) is 3.52. The quantitative estimate of drug-likeness (QED) is 0.339. The summed E-state index contributed by atoms with van der Waals surface area (Å²) in [4.78, 5) is 25.4. The van der Waals surface area contributed by atoms with Gasteiger partial charge in [-0.25, -0.2) is 23.3 Å². The Morgan fingerprint density at radius 2 is 2.00 bits per heavy atom. The van der Waals surface area contributed by atoms with E-state index in [4.69, 9.17) is 0 Å². The smallest absolute Gasteiger partial charge is 0.280 e. The summed E-state index contributed by atoms with van der Waals surface area (Å²) in [6.07, 6.45) is 3.56. The lowest BCUT2D eigenvalue weighted by Crippen LogP contribution is -2.24. The minimum atomic E-state index is -2.72. The van der Waals surface area contributed by atoms with Gasteiger partial charge in [0.15, 0.2) is 5.82 Å². The van der Waals surface area contributed by atoms with Crippen LogP contribution in [-0.4, -0.2) is 40.7 Å². The van der Waals surface area contributed by atoms with Gasteiger partial charge in [-0.3, -0.25) is 14.9 Å². The number of carbonyl (C=O) groups excluding carboxylic acids is 1. The molecular weight excluding hydrogens is 444 g/mol. The van der Waals surface area contributed by atoms with E-state index in [9.17, 15) is 13.6 Å². The van der Waals surface area contributed by atoms with Crippen LogP contribution in [0.3, 0.4) is 0 Å². The molecule has 3 N–H and O–H groups in total. The average molecular weight is 461 g/mol. The molecule has 5 heterocycles. The molecule has 0 radical (unpaired) electrons. The van der Waals surface area contributed by atoms with E-state index in [0.717, 1.165) is 5.69 Å². The number of alkyl halides is 2. The van der Waals surface area contributed by atoms with Gasteiger partial charge in [0.1, 0.15) is 16.9 Å². The molecule has 10 nitrogen and oxygen atoms in total. The molecule has 5 aromatic heterocycles. The molecule has 0 spiro atoms. The Morgan fingerprint density at radius 1 is 1.09 bits per heavy atom. The van der Waals surface area contributed by atoms with Crippen LogP contribution in [0.25, 0.3) is 17.0 Å². The second-order valence-electron chi connectivity index (χ2n) is 7.18. The number of H-pyrrole nitrogens is 1. The maximum atomic E-state index is 13.1. The van der Waals surface area contributed by atoms with Gasteiger partial charge >= 0.3 is 0 Å². The van der Waals surface area contributed by atoms with Crippen molar-refractivity contribution in [1.29, 1.82) is 0 Å². The molecule has 12 heteroatoms. The number of aromatic amines is 1. The SMILES string of the molecule is O=C(NCc1ccn[nH]1)c1cnccc1Nc1nc(-c2cccc(C(F)F)n2)nn2cccc12. The van der Waals surface area contributed by atoms with Gasteiger partial charge in [0, 0.05) is 24.8 Å². The molecule has 34 heavy (non-hydrogen) atoms. The van der Waals surface area contributed by atoms with Crippen molar-refractivity contribution < 1.29 is 13.6 Å². The number of carbonyl (C=O) groups is 1. The van der Waals surface area contributed by atoms with Crippen molar-refractivity contribution in [2.45, 2.75) is 13.0 Å². The maximum Gasteiger partial charge on any atom is 0.280 e. The number of anilines is 2. The molecule has 0 aromatic carbocycles. The zero-order valence-electron chi connectivity index (χ0n) is 17.5. The van der Waals surface area contributed by atoms with Gasteiger partial charge in [-0.2, -0.15) is 5.10 Å². The van der Waals surface area contributed by atoms with Crippen LogP contribution in [0.2, 0.25) is 0 Å². The number of pyridine rings is 2. The van der Waals surface area contributed by atoms with E-state index in [0.29, 0.717) is 22.6 Å². The third-order valence-corrected chi connectivity index (χ3v) is 4.93. The molecule has 0 atom stereocenters. The summed E-state index contributed by atoms with van der Waals surface area (Å²) in [5, 5.41) is 17.0. The summed E-state index contributed by atoms with van der Waals surface area (Å²) in [5.74, 6) is 0.165. The fourth-order valence-corrected chi connectivity index (χ4v) is 3.30. The Kier molecular flexibility index (Phi) is 5.60. The van der Waals surface area contributed by atoms with Crippen LogP contribution in [0.4, 0.5) is 20.3 Å². The Labute approximate surface area is 191 Å². The molecule has 0 fully saturated rings. The van der Waals surface area contributed by atoms with E-state index in [1.54, 1.807) is 53.4 Å². The van der Waals surface area contributed by atoms with E-state index in [2.05, 4.69) is 40.9 Å². The van der Waals surface area contributed by atoms with Crippen LogP contribution in [0.1, 0.15) is 28.2 Å². The normalized spacial score (nSPS) is 11.1. The highest BCUT2D eigenvalue weighted by Gasteiger charge is 2.17. The van der Waals surface area contributed by atoms with Crippen LogP contribution in [0.15, 0.2) is 67.3 Å². The lowest BCUT2D eigenvalue weighted by atomic mass is 10.2. The van der Waals surface area contributed by atoms with E-state index < -0.39 is 6.43 Å². The fourth-order valence-electron chi connectivity index (χ4n) is 3.30. The number of halogens is 2. The van der Waals surface area contributed by atoms with Crippen molar-refractivity contribution in [2.75, 3.05) is 5.32 Å². The fraction of sp³-hybridized carbons (Fsp3) is 0.0909. The monoisotopic (exact) mass is 461 g/mol. The van der Waals surface area contributed by atoms with Crippen molar-refractivity contribution in [3.63, 3.8) is 0 Å². The molecule has 0 bridgehead atoms. The number of fused-ring (bicyclic) bond motifs is 1. The minimum Gasteiger partial charge on any atom is -0.346 e. The lowest BCUT2D eigenvalue weighted by molar-refractivity contribution is 0.0951. The molecule has 0 aliphatic carbocycles. The van der Waals surface area contributed by atoms with Crippen molar-refractivity contribution >= 4 is 22.9 Å². The first-order valence-corrected chi connectivity index (χ1v) is 10.2. The van der Waals surface area contributed by atoms with Gasteiger partial charge in [0.25, 0.3) is 12.3 Å². The first kappa shape index (κ1) is 21.1. The van der Waals surface area contributed by atoms with Crippen molar-refractivity contribution in [2.24, 2.45) is 0 Å². The molecular formula is C22H17F2N9O. The summed E-state index contributed by atoms with van der Waals surface area (Å²) in [6.45, 7) is 0.264. The molecule has 5 rings (SSSR count). The number of hydrogen-bond acceptors (Lipinski definition) is 7. The Balaban J connectivity index is 1.48. The van der Waals surface area contributed by atoms with Crippen LogP contribution in [0, 0.1) is 0 Å². The third kappa shape index (κ3) is 4.28. The second kappa shape index (κ2) is 9.02. The summed E-state index contributed by atoms with van der Waals surface area (Å²) >= 11 is 0. The van der Waals surface area contributed by atoms with Gasteiger partial charge in [0.2, 0.25) is 5.82 Å². The highest BCUT2D eigenvalue weighted by atomic mass is 19.3. The minimum absolute atomic E-state index is 0.146. The Bertz CT molecular complexity index is 1450. The Morgan fingerprint density at radius 3 is 2.82 bits per heavy atom. The van der Waals surface area contributed by atoms with E-state index >= 15 is 0 Å². The van der Waals surface area contributed by atoms with E-state index in [-0.39, 0.29) is 29.7 Å². The van der Waals surface area contributed by atoms with Crippen LogP contribution >= 0.6 is 0 Å². The van der Waals surface area contributed by atoms with E-state index in [1.165, 1.54) is 18.3 Å². The zero-order chi connectivity index (χ0) is 23.5. The molecule has 5 aromatic rings. The summed E-state index contributed by atoms with van der Waals surface area (Å²) in [7, 11) is 0. The first-order valence-electron chi connectivity index (χ1n) is 10.2. The number of nitrogens with one attached hydrogen (secondary N) is 3. The Hall–Kier alpha value is -4.74. The van der Waals surface area contributed by atoms with E-state index in [1.807, 2.05) is 0 Å².